The van der Waals surface area contributed by atoms with Crippen LogP contribution in [0.5, 0.6) is 0 Å². The van der Waals surface area contributed by atoms with E-state index in [4.69, 9.17) is 11.6 Å². The van der Waals surface area contributed by atoms with Crippen molar-refractivity contribution in [3.8, 4) is 0 Å². The Kier molecular flexibility index (Phi) is 18.3. The number of aliphatic carboxylic acids is 2. The zero-order valence-electron chi connectivity index (χ0n) is 40.5. The summed E-state index contributed by atoms with van der Waals surface area (Å²) >= 11 is 7.63. The molecule has 2 aromatic carbocycles. The van der Waals surface area contributed by atoms with Gasteiger partial charge in [-0.1, -0.05) is 174 Å². The minimum absolute atomic E-state index is 0.00847. The quantitative estimate of drug-likeness (QED) is 0.109. The molecule has 2 atom stereocenters. The number of carbonyl (C=O) groups is 2. The Hall–Kier alpha value is -3.77. The third kappa shape index (κ3) is 11.2. The molecule has 0 amide bonds. The van der Waals surface area contributed by atoms with E-state index >= 15 is 0 Å². The van der Waals surface area contributed by atoms with Gasteiger partial charge in [0.2, 0.25) is 0 Å². The first-order valence-corrected chi connectivity index (χ1v) is 25.3. The van der Waals surface area contributed by atoms with Gasteiger partial charge in [-0.15, -0.1) is 0 Å². The number of carboxylic acid groups (broad SMARTS) is 2. The van der Waals surface area contributed by atoms with Crippen LogP contribution in [0.3, 0.4) is 0 Å². The molecule has 2 unspecified atom stereocenters. The van der Waals surface area contributed by atoms with Gasteiger partial charge in [-0.25, -0.2) is 0 Å². The first-order valence-electron chi connectivity index (χ1n) is 25.0. The second kappa shape index (κ2) is 22.9. The molecule has 3 aliphatic rings. The van der Waals surface area contributed by atoms with Crippen molar-refractivity contribution in [2.75, 3.05) is 22.9 Å². The lowest BCUT2D eigenvalue weighted by Crippen LogP contribution is -2.44. The van der Waals surface area contributed by atoms with Crippen LogP contribution in [0.1, 0.15) is 206 Å². The second-order valence-electron chi connectivity index (χ2n) is 19.7. The molecule has 0 saturated carbocycles. The smallest absolute Gasteiger partial charge is 0.305 e. The van der Waals surface area contributed by atoms with Crippen LogP contribution in [0.25, 0.3) is 0 Å². The van der Waals surface area contributed by atoms with E-state index in [1.54, 1.807) is 0 Å². The Morgan fingerprint density at radius 1 is 0.730 bits per heavy atom. The molecular formula is C56H81ClN2O4. The van der Waals surface area contributed by atoms with Gasteiger partial charge in [-0.2, -0.15) is 0 Å². The Labute approximate surface area is 387 Å². The van der Waals surface area contributed by atoms with Crippen LogP contribution in [0.15, 0.2) is 82.6 Å². The van der Waals surface area contributed by atoms with Crippen LogP contribution in [0.2, 0.25) is 0 Å². The van der Waals surface area contributed by atoms with Crippen LogP contribution in [-0.4, -0.2) is 41.3 Å². The molecule has 2 aromatic rings. The summed E-state index contributed by atoms with van der Waals surface area (Å²) < 4.78 is 0. The van der Waals surface area contributed by atoms with E-state index < -0.39 is 11.9 Å². The van der Waals surface area contributed by atoms with Gasteiger partial charge in [0.1, 0.15) is 0 Å². The van der Waals surface area contributed by atoms with Gasteiger partial charge in [0.05, 0.1) is 18.9 Å². The number of anilines is 2. The standard InChI is InChI=1S/C56H81ClN2O4/c1-10-15-29-55(30-16-11-2)46-37-42(39(6)7)19-23-48(46)58(33-27-52(60)61)50(55)25-21-44-35-41(14-5)36-45(54(44)57)22-26-51-56(31-17-12-3,32-18-13-4)47-38-43(40(8)9)20-24-49(47)59(51)34-28-53(62)63/h19-26,37-41,50H,10-18,27-36H2,1-9H3,(H,60,61)(H,62,63)/b25-21+,45-22+,51-26+. The summed E-state index contributed by atoms with van der Waals surface area (Å²) in [5, 5.41) is 20.8. The van der Waals surface area contributed by atoms with E-state index in [1.165, 1.54) is 33.6 Å². The van der Waals surface area contributed by atoms with Crippen LogP contribution in [0.4, 0.5) is 11.4 Å². The van der Waals surface area contributed by atoms with Gasteiger partial charge in [0.25, 0.3) is 0 Å². The van der Waals surface area contributed by atoms with Crippen molar-refractivity contribution < 1.29 is 19.8 Å². The number of carboxylic acids is 2. The minimum atomic E-state index is -0.784. The molecular weight excluding hydrogens is 800 g/mol. The molecule has 0 saturated heterocycles. The zero-order chi connectivity index (χ0) is 45.9. The largest absolute Gasteiger partial charge is 0.481 e. The number of hydrogen-bond donors (Lipinski definition) is 2. The summed E-state index contributed by atoms with van der Waals surface area (Å²) in [5.74, 6) is -0.338. The van der Waals surface area contributed by atoms with Crippen molar-refractivity contribution >= 4 is 34.9 Å². The van der Waals surface area contributed by atoms with Crippen LogP contribution < -0.4 is 9.80 Å². The molecule has 0 fully saturated rings. The highest BCUT2D eigenvalue weighted by atomic mass is 35.5. The summed E-state index contributed by atoms with van der Waals surface area (Å²) in [6.07, 6.45) is 25.2. The average Bonchev–Trinajstić information content (AvgIpc) is 3.67. The molecule has 63 heavy (non-hydrogen) atoms. The molecule has 2 N–H and O–H groups in total. The van der Waals surface area contributed by atoms with Gasteiger partial charge >= 0.3 is 11.9 Å². The fourth-order valence-corrected chi connectivity index (χ4v) is 11.3. The number of rotatable bonds is 24. The monoisotopic (exact) mass is 881 g/mol. The van der Waals surface area contributed by atoms with Gasteiger partial charge in [0, 0.05) is 46.0 Å². The van der Waals surface area contributed by atoms with Crippen molar-refractivity contribution in [2.45, 2.75) is 200 Å². The third-order valence-corrected chi connectivity index (χ3v) is 15.3. The van der Waals surface area contributed by atoms with Crippen molar-refractivity contribution in [1.82, 2.24) is 0 Å². The number of halogens is 1. The molecule has 0 bridgehead atoms. The maximum absolute atomic E-state index is 12.2. The lowest BCUT2D eigenvalue weighted by atomic mass is 9.68. The molecule has 6 nitrogen and oxygen atoms in total. The fraction of sp³-hybridized carbons (Fsp3) is 0.607. The molecule has 5 rings (SSSR count). The van der Waals surface area contributed by atoms with E-state index in [9.17, 15) is 19.8 Å². The first-order chi connectivity index (χ1) is 30.2. The summed E-state index contributed by atoms with van der Waals surface area (Å²) in [4.78, 5) is 29.0. The second-order valence-corrected chi connectivity index (χ2v) is 20.1. The van der Waals surface area contributed by atoms with Crippen LogP contribution in [0, 0.1) is 5.92 Å². The summed E-state index contributed by atoms with van der Waals surface area (Å²) in [6, 6.07) is 13.9. The zero-order valence-corrected chi connectivity index (χ0v) is 41.3. The predicted octanol–water partition coefficient (Wildman–Crippen LogP) is 15.5. The fourth-order valence-electron chi connectivity index (χ4n) is 11.0. The van der Waals surface area contributed by atoms with Crippen molar-refractivity contribution in [2.24, 2.45) is 5.92 Å². The highest BCUT2D eigenvalue weighted by molar-refractivity contribution is 6.32. The predicted molar refractivity (Wildman–Crippen MR) is 267 cm³/mol. The van der Waals surface area contributed by atoms with E-state index in [-0.39, 0.29) is 29.7 Å². The number of hydrogen-bond acceptors (Lipinski definition) is 4. The number of fused-ring (bicyclic) bond motifs is 2. The van der Waals surface area contributed by atoms with Crippen LogP contribution in [-0.2, 0) is 20.4 Å². The summed E-state index contributed by atoms with van der Waals surface area (Å²) in [6.45, 7) is 21.3. The van der Waals surface area contributed by atoms with E-state index in [1.807, 2.05) is 0 Å². The van der Waals surface area contributed by atoms with E-state index in [2.05, 4.69) is 133 Å². The topological polar surface area (TPSA) is 81.1 Å². The normalized spacial score (nSPS) is 20.6. The maximum Gasteiger partial charge on any atom is 0.305 e. The Bertz CT molecular complexity index is 1990. The number of benzene rings is 2. The molecule has 2 aliphatic heterocycles. The lowest BCUT2D eigenvalue weighted by molar-refractivity contribution is -0.137. The molecule has 0 radical (unpaired) electrons. The highest BCUT2D eigenvalue weighted by Crippen LogP contribution is 2.56. The summed E-state index contributed by atoms with van der Waals surface area (Å²) in [7, 11) is 0. The number of unbranched alkanes of at least 4 members (excludes halogenated alkanes) is 4. The van der Waals surface area contributed by atoms with Gasteiger partial charge < -0.3 is 20.0 Å². The Morgan fingerprint density at radius 3 is 1.81 bits per heavy atom. The molecule has 2 heterocycles. The van der Waals surface area contributed by atoms with Crippen molar-refractivity contribution in [3.05, 3.63) is 105 Å². The van der Waals surface area contributed by atoms with Gasteiger partial charge in [-0.3, -0.25) is 9.59 Å². The maximum atomic E-state index is 12.2. The Morgan fingerprint density at radius 2 is 1.27 bits per heavy atom. The van der Waals surface area contributed by atoms with E-state index in [0.29, 0.717) is 30.8 Å². The van der Waals surface area contributed by atoms with Gasteiger partial charge in [0.15, 0.2) is 0 Å². The molecule has 7 heteroatoms. The molecule has 346 valence electrons. The van der Waals surface area contributed by atoms with Crippen LogP contribution >= 0.6 is 11.6 Å². The minimum Gasteiger partial charge on any atom is -0.481 e. The SMILES string of the molecule is CCCCC1(CCCC)/C(=C\C=C2/CC(CC)CC(/C=C/C3N(CCC(=O)O)c4ccc(C(C)C)cc4C3(CCCC)CCCC)=C2Cl)N(CCC(=O)O)c2ccc(C(C)C)cc21. The number of nitrogens with zero attached hydrogens (tertiary/aromatic N) is 2. The third-order valence-electron chi connectivity index (χ3n) is 14.8. The van der Waals surface area contributed by atoms with Crippen molar-refractivity contribution in [3.63, 3.8) is 0 Å². The number of allylic oxidation sites excluding steroid dienone is 7. The average molecular weight is 882 g/mol. The first kappa shape index (κ1) is 50.2. The lowest BCUT2D eigenvalue weighted by Gasteiger charge is -2.39. The Balaban J connectivity index is 1.69. The van der Waals surface area contributed by atoms with Gasteiger partial charge in [-0.05, 0) is 108 Å². The van der Waals surface area contributed by atoms with E-state index in [0.717, 1.165) is 118 Å². The summed E-state index contributed by atoms with van der Waals surface area (Å²) in [5.41, 5.74) is 10.9. The molecule has 0 aromatic heterocycles. The van der Waals surface area contributed by atoms with Crippen molar-refractivity contribution in [1.29, 1.82) is 0 Å². The molecule has 1 aliphatic carbocycles. The molecule has 0 spiro atoms. The highest BCUT2D eigenvalue weighted by Gasteiger charge is 2.49.